The zero-order valence-corrected chi connectivity index (χ0v) is 16.4. The molecule has 0 aliphatic carbocycles. The number of nitrogen functional groups attached to an aromatic ring is 1. The monoisotopic (exact) mass is 421 g/mol. The first-order valence-electron chi connectivity index (χ1n) is 8.46. The van der Waals surface area contributed by atoms with E-state index in [4.69, 9.17) is 17.3 Å². The van der Waals surface area contributed by atoms with Gasteiger partial charge in [0.1, 0.15) is 11.6 Å². The Labute approximate surface area is 169 Å². The average Bonchev–Trinajstić information content (AvgIpc) is 2.68. The van der Waals surface area contributed by atoms with Gasteiger partial charge in [0.25, 0.3) is 0 Å². The lowest BCUT2D eigenvalue weighted by Gasteiger charge is -2.20. The van der Waals surface area contributed by atoms with Gasteiger partial charge in [-0.3, -0.25) is 4.79 Å². The van der Waals surface area contributed by atoms with E-state index < -0.39 is 29.4 Å². The smallest absolute Gasteiger partial charge is 0.200 e. The molecule has 3 rings (SSSR count). The number of anilines is 2. The first kappa shape index (κ1) is 20.6. The Balaban J connectivity index is 2.66. The Morgan fingerprint density at radius 2 is 2.03 bits per heavy atom. The Bertz CT molecular complexity index is 1240. The molecule has 0 saturated carbocycles. The molecule has 0 radical (unpaired) electrons. The van der Waals surface area contributed by atoms with Gasteiger partial charge < -0.3 is 25.8 Å². The molecule has 3 aromatic rings. The van der Waals surface area contributed by atoms with E-state index in [2.05, 4.69) is 11.9 Å². The lowest BCUT2D eigenvalue weighted by Crippen LogP contribution is -2.17. The van der Waals surface area contributed by atoms with Crippen LogP contribution in [0.15, 0.2) is 29.7 Å². The predicted molar refractivity (Wildman–Crippen MR) is 111 cm³/mol. The topological polar surface area (TPSA) is 101 Å². The number of aliphatic hydroxyl groups is 2. The zero-order valence-electron chi connectivity index (χ0n) is 15.6. The van der Waals surface area contributed by atoms with Crippen LogP contribution in [0.4, 0.5) is 20.2 Å². The predicted octanol–water partition coefficient (Wildman–Crippen LogP) is 3.88. The maximum atomic E-state index is 14.8. The third-order valence-corrected chi connectivity index (χ3v) is 5.12. The Kier molecular flexibility index (Phi) is 5.25. The number of pyridine rings is 1. The van der Waals surface area contributed by atoms with Crippen LogP contribution in [0.3, 0.4) is 0 Å². The van der Waals surface area contributed by atoms with Crippen molar-refractivity contribution in [2.75, 3.05) is 18.1 Å². The van der Waals surface area contributed by atoms with Gasteiger partial charge in [-0.2, -0.15) is 0 Å². The van der Waals surface area contributed by atoms with Crippen molar-refractivity contribution in [3.63, 3.8) is 0 Å². The molecule has 0 unspecified atom stereocenters. The molecule has 2 aromatic carbocycles. The summed E-state index contributed by atoms with van der Waals surface area (Å²) in [5.41, 5.74) is 5.00. The standard InChI is InChI=1S/C20H18ClF2N3O3/c1-8-15-19(16(21)18(25-3)17(8)23)26(6-11(9(2)28)20(15)29)14-5-13(24)12(22)4-10(14)7-27/h4-6,25,27-28H,2,7,24H2,1,3H3. The normalized spacial score (nSPS) is 11.1. The first-order valence-corrected chi connectivity index (χ1v) is 8.83. The van der Waals surface area contributed by atoms with Crippen molar-refractivity contribution in [3.05, 3.63) is 68.5 Å². The van der Waals surface area contributed by atoms with Crippen LogP contribution in [0.2, 0.25) is 5.02 Å². The second kappa shape index (κ2) is 7.38. The molecule has 1 aromatic heterocycles. The second-order valence-corrected chi connectivity index (χ2v) is 6.83. The van der Waals surface area contributed by atoms with E-state index in [1.807, 2.05) is 0 Å². The van der Waals surface area contributed by atoms with Gasteiger partial charge in [0.15, 0.2) is 5.82 Å². The summed E-state index contributed by atoms with van der Waals surface area (Å²) in [7, 11) is 1.47. The Morgan fingerprint density at radius 3 is 2.59 bits per heavy atom. The number of benzene rings is 2. The van der Waals surface area contributed by atoms with Crippen molar-refractivity contribution in [2.24, 2.45) is 0 Å². The highest BCUT2D eigenvalue weighted by molar-refractivity contribution is 6.38. The summed E-state index contributed by atoms with van der Waals surface area (Å²) in [4.78, 5) is 12.9. The number of rotatable bonds is 4. The molecule has 0 spiro atoms. The summed E-state index contributed by atoms with van der Waals surface area (Å²) in [6.45, 7) is 4.23. The summed E-state index contributed by atoms with van der Waals surface area (Å²) in [5.74, 6) is -2.01. The minimum atomic E-state index is -0.737. The molecule has 6 nitrogen and oxygen atoms in total. The van der Waals surface area contributed by atoms with Crippen LogP contribution in [-0.2, 0) is 6.61 Å². The molecular formula is C20H18ClF2N3O3. The number of aliphatic hydroxyl groups excluding tert-OH is 2. The lowest BCUT2D eigenvalue weighted by atomic mass is 10.0. The fourth-order valence-corrected chi connectivity index (χ4v) is 3.64. The zero-order chi connectivity index (χ0) is 21.6. The molecule has 9 heteroatoms. The Morgan fingerprint density at radius 1 is 1.38 bits per heavy atom. The highest BCUT2D eigenvalue weighted by Gasteiger charge is 2.24. The van der Waals surface area contributed by atoms with Gasteiger partial charge in [0.05, 0.1) is 45.2 Å². The van der Waals surface area contributed by atoms with Crippen LogP contribution >= 0.6 is 11.6 Å². The van der Waals surface area contributed by atoms with E-state index in [1.54, 1.807) is 0 Å². The second-order valence-electron chi connectivity index (χ2n) is 6.45. The van der Waals surface area contributed by atoms with Crippen LogP contribution in [0.5, 0.6) is 0 Å². The van der Waals surface area contributed by atoms with E-state index in [0.717, 1.165) is 6.07 Å². The molecule has 0 fully saturated rings. The van der Waals surface area contributed by atoms with E-state index in [0.29, 0.717) is 0 Å². The molecule has 0 atom stereocenters. The van der Waals surface area contributed by atoms with Gasteiger partial charge in [0.2, 0.25) is 5.43 Å². The average molecular weight is 422 g/mol. The van der Waals surface area contributed by atoms with Crippen molar-refractivity contribution in [3.8, 4) is 5.69 Å². The third kappa shape index (κ3) is 3.10. The van der Waals surface area contributed by atoms with Crippen LogP contribution in [-0.4, -0.2) is 21.8 Å². The van der Waals surface area contributed by atoms with Gasteiger partial charge in [-0.15, -0.1) is 0 Å². The maximum Gasteiger partial charge on any atom is 0.200 e. The van der Waals surface area contributed by atoms with Gasteiger partial charge in [-0.05, 0) is 19.1 Å². The molecule has 29 heavy (non-hydrogen) atoms. The number of fused-ring (bicyclic) bond motifs is 1. The van der Waals surface area contributed by atoms with Crippen molar-refractivity contribution >= 4 is 39.6 Å². The highest BCUT2D eigenvalue weighted by atomic mass is 35.5. The number of halogens is 3. The van der Waals surface area contributed by atoms with Crippen LogP contribution in [0, 0.1) is 18.6 Å². The SMILES string of the molecule is C=C(O)c1cn(-c2cc(N)c(F)cc2CO)c2c(Cl)c(NC)c(F)c(C)c2c1=O. The van der Waals surface area contributed by atoms with E-state index in [9.17, 15) is 23.8 Å². The molecule has 5 N–H and O–H groups in total. The van der Waals surface area contributed by atoms with Gasteiger partial charge in [-0.25, -0.2) is 8.78 Å². The summed E-state index contributed by atoms with van der Waals surface area (Å²) >= 11 is 6.43. The van der Waals surface area contributed by atoms with Crippen LogP contribution in [0.1, 0.15) is 16.7 Å². The number of nitrogens with one attached hydrogen (secondary N) is 1. The lowest BCUT2D eigenvalue weighted by molar-refractivity contribution is 0.281. The Hall–Kier alpha value is -3.10. The number of aryl methyl sites for hydroxylation is 1. The minimum Gasteiger partial charge on any atom is -0.508 e. The molecule has 1 heterocycles. The quantitative estimate of drug-likeness (QED) is 0.378. The largest absolute Gasteiger partial charge is 0.508 e. The van der Waals surface area contributed by atoms with Crippen LogP contribution < -0.4 is 16.5 Å². The molecule has 152 valence electrons. The van der Waals surface area contributed by atoms with E-state index >= 15 is 0 Å². The minimum absolute atomic E-state index is 0.00349. The fraction of sp³-hybridized carbons (Fsp3) is 0.150. The maximum absolute atomic E-state index is 14.8. The number of hydrogen-bond donors (Lipinski definition) is 4. The third-order valence-electron chi connectivity index (χ3n) is 4.75. The number of hydrogen-bond acceptors (Lipinski definition) is 5. The number of aromatic nitrogens is 1. The molecule has 0 saturated heterocycles. The van der Waals surface area contributed by atoms with Gasteiger partial charge in [0, 0.05) is 24.4 Å². The number of nitrogens with zero attached hydrogens (tertiary/aromatic N) is 1. The van der Waals surface area contributed by atoms with E-state index in [1.165, 1.54) is 30.8 Å². The van der Waals surface area contributed by atoms with Crippen molar-refractivity contribution in [2.45, 2.75) is 13.5 Å². The summed E-state index contributed by atoms with van der Waals surface area (Å²) in [5, 5.41) is 22.1. The molecule has 0 aliphatic heterocycles. The van der Waals surface area contributed by atoms with E-state index in [-0.39, 0.29) is 49.7 Å². The first-order chi connectivity index (χ1) is 13.6. The molecule has 0 aliphatic rings. The summed E-state index contributed by atoms with van der Waals surface area (Å²) in [6, 6.07) is 2.30. The van der Waals surface area contributed by atoms with Crippen molar-refractivity contribution in [1.82, 2.24) is 4.57 Å². The fourth-order valence-electron chi connectivity index (χ4n) is 3.28. The van der Waals surface area contributed by atoms with Gasteiger partial charge >= 0.3 is 0 Å². The van der Waals surface area contributed by atoms with Crippen molar-refractivity contribution < 1.29 is 19.0 Å². The molecule has 0 amide bonds. The van der Waals surface area contributed by atoms with Gasteiger partial charge in [-0.1, -0.05) is 18.2 Å². The summed E-state index contributed by atoms with van der Waals surface area (Å²) in [6.07, 6.45) is 1.24. The molecular weight excluding hydrogens is 404 g/mol. The van der Waals surface area contributed by atoms with Crippen molar-refractivity contribution in [1.29, 1.82) is 0 Å². The highest BCUT2D eigenvalue weighted by Crippen LogP contribution is 2.37. The number of nitrogens with two attached hydrogens (primary N) is 1. The molecule has 0 bridgehead atoms. The summed E-state index contributed by atoms with van der Waals surface area (Å²) < 4.78 is 30.1. The van der Waals surface area contributed by atoms with Crippen LogP contribution in [0.25, 0.3) is 22.3 Å².